The van der Waals surface area contributed by atoms with Crippen molar-refractivity contribution in [2.75, 3.05) is 0 Å². The molecule has 0 saturated heterocycles. The molecule has 2 aromatic carbocycles. The van der Waals surface area contributed by atoms with Crippen molar-refractivity contribution in [3.05, 3.63) is 65.9 Å². The molecule has 1 aromatic heterocycles. The third-order valence-corrected chi connectivity index (χ3v) is 3.92. The zero-order valence-electron chi connectivity index (χ0n) is 14.2. The normalized spacial score (nSPS) is 12.0. The number of nitrogens with zero attached hydrogens (tertiary/aromatic N) is 1. The first-order valence-electron chi connectivity index (χ1n) is 7.88. The van der Waals surface area contributed by atoms with Crippen LogP contribution in [0, 0.1) is 0 Å². The van der Waals surface area contributed by atoms with Crippen molar-refractivity contribution in [3.8, 4) is 33.8 Å². The van der Waals surface area contributed by atoms with Gasteiger partial charge in [0.05, 0.1) is 0 Å². The van der Waals surface area contributed by atoms with Gasteiger partial charge in [0.1, 0.15) is 16.7 Å². The van der Waals surface area contributed by atoms with Crippen LogP contribution in [-0.2, 0) is 0 Å². The van der Waals surface area contributed by atoms with Gasteiger partial charge in [-0.05, 0) is 41.5 Å². The predicted octanol–water partition coefficient (Wildman–Crippen LogP) is 6.87. The number of hydrogen-bond donors (Lipinski definition) is 0. The summed E-state index contributed by atoms with van der Waals surface area (Å²) in [6.45, 7) is 0. The average Bonchev–Trinajstić information content (AvgIpc) is 2.59. The molecule has 0 saturated carbocycles. The quantitative estimate of drug-likeness (QED) is 0.332. The van der Waals surface area contributed by atoms with Crippen LogP contribution < -0.4 is 9.47 Å². The van der Waals surface area contributed by atoms with Gasteiger partial charge in [0.2, 0.25) is 0 Å². The maximum Gasteiger partial charge on any atom is 0.573 e. The van der Waals surface area contributed by atoms with E-state index in [0.29, 0.717) is 11.1 Å². The van der Waals surface area contributed by atoms with Gasteiger partial charge in [0.15, 0.2) is 0 Å². The van der Waals surface area contributed by atoms with Crippen LogP contribution in [0.4, 0.5) is 26.3 Å². The predicted molar refractivity (Wildman–Crippen MR) is 93.5 cm³/mol. The van der Waals surface area contributed by atoms with E-state index in [-0.39, 0.29) is 16.3 Å². The highest BCUT2D eigenvalue weighted by molar-refractivity contribution is 6.32. The van der Waals surface area contributed by atoms with Crippen molar-refractivity contribution < 1.29 is 35.8 Å². The molecule has 0 aliphatic rings. The number of halogens is 7. The molecule has 152 valence electrons. The second kappa shape index (κ2) is 7.82. The van der Waals surface area contributed by atoms with Gasteiger partial charge in [-0.25, -0.2) is 4.98 Å². The average molecular weight is 434 g/mol. The minimum atomic E-state index is -4.86. The molecule has 10 heteroatoms. The molecule has 3 aromatic rings. The Morgan fingerprint density at radius 3 is 1.76 bits per heavy atom. The molecule has 29 heavy (non-hydrogen) atoms. The van der Waals surface area contributed by atoms with Crippen LogP contribution in [0.25, 0.3) is 22.3 Å². The van der Waals surface area contributed by atoms with Crippen LogP contribution in [0.5, 0.6) is 11.5 Å². The topological polar surface area (TPSA) is 31.4 Å². The monoisotopic (exact) mass is 433 g/mol. The molecule has 0 fully saturated rings. The van der Waals surface area contributed by atoms with Crippen molar-refractivity contribution >= 4 is 11.6 Å². The number of rotatable bonds is 4. The molecule has 0 amide bonds. The summed E-state index contributed by atoms with van der Waals surface area (Å²) in [4.78, 5) is 3.98. The minimum Gasteiger partial charge on any atom is -0.406 e. The zero-order chi connectivity index (χ0) is 21.2. The molecule has 1 heterocycles. The Morgan fingerprint density at radius 2 is 1.21 bits per heavy atom. The maximum atomic E-state index is 12.4. The Morgan fingerprint density at radius 1 is 0.690 bits per heavy atom. The fourth-order valence-electron chi connectivity index (χ4n) is 2.54. The number of hydrogen-bond acceptors (Lipinski definition) is 3. The highest BCUT2D eigenvalue weighted by Gasteiger charge is 2.32. The van der Waals surface area contributed by atoms with E-state index in [1.165, 1.54) is 36.5 Å². The molecular formula is C19H10ClF6NO2. The third-order valence-electron chi connectivity index (χ3n) is 3.62. The summed E-state index contributed by atoms with van der Waals surface area (Å²) < 4.78 is 82.4. The Balaban J connectivity index is 1.98. The van der Waals surface area contributed by atoms with Gasteiger partial charge in [-0.3, -0.25) is 0 Å². The van der Waals surface area contributed by atoms with E-state index >= 15 is 0 Å². The molecule has 0 atom stereocenters. The van der Waals surface area contributed by atoms with E-state index in [4.69, 9.17) is 11.6 Å². The van der Waals surface area contributed by atoms with E-state index in [1.54, 1.807) is 0 Å². The first-order chi connectivity index (χ1) is 13.5. The molecule has 0 bridgehead atoms. The third kappa shape index (κ3) is 5.77. The summed E-state index contributed by atoms with van der Waals surface area (Å²) in [6.07, 6.45) is -8.38. The van der Waals surface area contributed by atoms with Crippen LogP contribution in [0.2, 0.25) is 5.15 Å². The summed E-state index contributed by atoms with van der Waals surface area (Å²) in [5.74, 6) is -0.871. The first kappa shape index (κ1) is 20.8. The van der Waals surface area contributed by atoms with E-state index in [1.807, 2.05) is 0 Å². The molecule has 0 unspecified atom stereocenters. The van der Waals surface area contributed by atoms with Crippen molar-refractivity contribution in [1.82, 2.24) is 4.98 Å². The van der Waals surface area contributed by atoms with Gasteiger partial charge in [0, 0.05) is 17.3 Å². The largest absolute Gasteiger partial charge is 0.573 e. The second-order valence-electron chi connectivity index (χ2n) is 5.71. The van der Waals surface area contributed by atoms with Gasteiger partial charge >= 0.3 is 12.7 Å². The molecule has 0 radical (unpaired) electrons. The number of benzene rings is 2. The van der Waals surface area contributed by atoms with Gasteiger partial charge in [-0.1, -0.05) is 35.9 Å². The fourth-order valence-corrected chi connectivity index (χ4v) is 2.75. The van der Waals surface area contributed by atoms with Crippen LogP contribution in [0.1, 0.15) is 0 Å². The van der Waals surface area contributed by atoms with Gasteiger partial charge in [-0.2, -0.15) is 0 Å². The van der Waals surface area contributed by atoms with E-state index < -0.39 is 24.2 Å². The summed E-state index contributed by atoms with van der Waals surface area (Å²) in [5, 5.41) is 0.000560. The Hall–Kier alpha value is -2.94. The fraction of sp³-hybridized carbons (Fsp3) is 0.105. The first-order valence-corrected chi connectivity index (χ1v) is 8.26. The van der Waals surface area contributed by atoms with Crippen molar-refractivity contribution in [3.63, 3.8) is 0 Å². The van der Waals surface area contributed by atoms with Crippen LogP contribution in [-0.4, -0.2) is 17.7 Å². The summed E-state index contributed by atoms with van der Waals surface area (Å²) in [5.41, 5.74) is 1.30. The molecule has 0 aliphatic heterocycles. The summed E-state index contributed by atoms with van der Waals surface area (Å²) >= 11 is 6.07. The van der Waals surface area contributed by atoms with Gasteiger partial charge in [-0.15, -0.1) is 26.3 Å². The van der Waals surface area contributed by atoms with Crippen molar-refractivity contribution in [2.24, 2.45) is 0 Å². The van der Waals surface area contributed by atoms with Gasteiger partial charge in [0.25, 0.3) is 0 Å². The summed E-state index contributed by atoms with van der Waals surface area (Å²) in [6, 6.07) is 11.8. The molecule has 0 N–H and O–H groups in total. The zero-order valence-corrected chi connectivity index (χ0v) is 14.9. The SMILES string of the molecule is FC(F)(F)Oc1cccc(-c2cnc(Cl)c(-c3cccc(OC(F)(F)F)c3)c2)c1. The standard InChI is InChI=1S/C19H10ClF6NO2/c20-17-16(12-4-2-6-15(8-12)29-19(24,25)26)9-13(10-27-17)11-3-1-5-14(7-11)28-18(21,22)23/h1-10H. The lowest BCUT2D eigenvalue weighted by atomic mass is 10.0. The van der Waals surface area contributed by atoms with Crippen LogP contribution in [0.15, 0.2) is 60.8 Å². The second-order valence-corrected chi connectivity index (χ2v) is 6.07. The Labute approximate surface area is 165 Å². The minimum absolute atomic E-state index is 0.000560. The van der Waals surface area contributed by atoms with E-state index in [2.05, 4.69) is 14.5 Å². The van der Waals surface area contributed by atoms with Gasteiger partial charge < -0.3 is 9.47 Å². The van der Waals surface area contributed by atoms with E-state index in [9.17, 15) is 26.3 Å². The molecule has 3 rings (SSSR count). The molecule has 0 spiro atoms. The number of alkyl halides is 6. The van der Waals surface area contributed by atoms with Crippen LogP contribution in [0.3, 0.4) is 0 Å². The molecule has 0 aliphatic carbocycles. The van der Waals surface area contributed by atoms with Crippen LogP contribution >= 0.6 is 11.6 Å². The summed E-state index contributed by atoms with van der Waals surface area (Å²) in [7, 11) is 0. The smallest absolute Gasteiger partial charge is 0.406 e. The van der Waals surface area contributed by atoms with Crippen molar-refractivity contribution in [2.45, 2.75) is 12.7 Å². The number of ether oxygens (including phenoxy) is 2. The highest BCUT2D eigenvalue weighted by atomic mass is 35.5. The Bertz CT molecular complexity index is 1020. The lowest BCUT2D eigenvalue weighted by molar-refractivity contribution is -0.275. The number of aromatic nitrogens is 1. The van der Waals surface area contributed by atoms with E-state index in [0.717, 1.165) is 24.3 Å². The Kier molecular flexibility index (Phi) is 5.61. The lowest BCUT2D eigenvalue weighted by Crippen LogP contribution is -2.17. The maximum absolute atomic E-state index is 12.4. The highest BCUT2D eigenvalue weighted by Crippen LogP contribution is 2.35. The molecule has 3 nitrogen and oxygen atoms in total. The van der Waals surface area contributed by atoms with Crippen molar-refractivity contribution in [1.29, 1.82) is 0 Å². The molecular weight excluding hydrogens is 424 g/mol. The lowest BCUT2D eigenvalue weighted by Gasteiger charge is -2.12. The number of pyridine rings is 1.